The smallest absolute Gasteiger partial charge is 0.305 e. The predicted molar refractivity (Wildman–Crippen MR) is 161 cm³/mol. The standard InChI is InChI=1S/C31H30Br2N2O4/c32-25-17-26(33)19-27(18-25)35-31(39)28(23-12-10-22(11-13-23)21-4-2-1-3-5-21)16-20-6-8-24(9-7-20)30(38)34-15-14-29(36)37/h4,6-13,17-19,28H,1-3,5,14-16H2,(H,34,38)(H,35,39)(H,36,37). The average molecular weight is 654 g/mol. The Morgan fingerprint density at radius 1 is 0.897 bits per heavy atom. The molecule has 4 rings (SSSR count). The van der Waals surface area contributed by atoms with Gasteiger partial charge in [-0.2, -0.15) is 0 Å². The van der Waals surface area contributed by atoms with Crippen LogP contribution in [0.2, 0.25) is 0 Å². The number of allylic oxidation sites excluding steroid dienone is 2. The van der Waals surface area contributed by atoms with Gasteiger partial charge in [-0.3, -0.25) is 14.4 Å². The van der Waals surface area contributed by atoms with Gasteiger partial charge in [0.2, 0.25) is 5.91 Å². The number of carbonyl (C=O) groups is 3. The molecule has 0 fully saturated rings. The Labute approximate surface area is 245 Å². The molecule has 0 spiro atoms. The van der Waals surface area contributed by atoms with Crippen LogP contribution in [0.1, 0.15) is 65.1 Å². The van der Waals surface area contributed by atoms with Crippen LogP contribution in [0, 0.1) is 0 Å². The number of carboxylic acid groups (broad SMARTS) is 1. The maximum absolute atomic E-state index is 13.6. The van der Waals surface area contributed by atoms with E-state index in [1.165, 1.54) is 24.0 Å². The first-order valence-corrected chi connectivity index (χ1v) is 14.5. The van der Waals surface area contributed by atoms with Gasteiger partial charge in [0.25, 0.3) is 5.91 Å². The van der Waals surface area contributed by atoms with Crippen molar-refractivity contribution in [3.8, 4) is 0 Å². The highest BCUT2D eigenvalue weighted by Crippen LogP contribution is 2.30. The fourth-order valence-electron chi connectivity index (χ4n) is 4.66. The van der Waals surface area contributed by atoms with E-state index in [2.05, 4.69) is 60.7 Å². The van der Waals surface area contributed by atoms with Crippen LogP contribution in [0.5, 0.6) is 0 Å². The quantitative estimate of drug-likeness (QED) is 0.213. The lowest BCUT2D eigenvalue weighted by Crippen LogP contribution is -2.26. The molecule has 0 heterocycles. The van der Waals surface area contributed by atoms with E-state index in [9.17, 15) is 14.4 Å². The maximum Gasteiger partial charge on any atom is 0.305 e. The second-order valence-electron chi connectivity index (χ2n) is 9.60. The highest BCUT2D eigenvalue weighted by Gasteiger charge is 2.22. The van der Waals surface area contributed by atoms with Gasteiger partial charge in [-0.15, -0.1) is 0 Å². The first-order valence-electron chi connectivity index (χ1n) is 12.9. The molecule has 6 nitrogen and oxygen atoms in total. The minimum Gasteiger partial charge on any atom is -0.481 e. The summed E-state index contributed by atoms with van der Waals surface area (Å²) < 4.78 is 1.71. The number of benzene rings is 3. The third kappa shape index (κ3) is 8.38. The van der Waals surface area contributed by atoms with Gasteiger partial charge in [-0.1, -0.05) is 74.3 Å². The minimum atomic E-state index is -0.964. The van der Waals surface area contributed by atoms with Crippen LogP contribution in [-0.2, 0) is 16.0 Å². The fourth-order valence-corrected chi connectivity index (χ4v) is 5.95. The molecule has 0 radical (unpaired) electrons. The number of amides is 2. The molecule has 3 N–H and O–H groups in total. The van der Waals surface area contributed by atoms with Crippen LogP contribution in [-0.4, -0.2) is 29.4 Å². The van der Waals surface area contributed by atoms with Crippen molar-refractivity contribution in [1.82, 2.24) is 5.32 Å². The van der Waals surface area contributed by atoms with E-state index < -0.39 is 11.9 Å². The number of hydrogen-bond acceptors (Lipinski definition) is 3. The Morgan fingerprint density at radius 2 is 1.59 bits per heavy atom. The van der Waals surface area contributed by atoms with E-state index in [0.717, 1.165) is 32.9 Å². The highest BCUT2D eigenvalue weighted by atomic mass is 79.9. The number of carbonyl (C=O) groups excluding carboxylic acids is 2. The first-order chi connectivity index (χ1) is 18.8. The lowest BCUT2D eigenvalue weighted by Gasteiger charge is -2.19. The van der Waals surface area contributed by atoms with Crippen molar-refractivity contribution in [3.05, 3.63) is 104 Å². The van der Waals surface area contributed by atoms with Crippen molar-refractivity contribution in [3.63, 3.8) is 0 Å². The molecule has 0 saturated heterocycles. The molecule has 1 atom stereocenters. The van der Waals surface area contributed by atoms with Gasteiger partial charge < -0.3 is 15.7 Å². The summed E-state index contributed by atoms with van der Waals surface area (Å²) in [5.41, 5.74) is 5.51. The summed E-state index contributed by atoms with van der Waals surface area (Å²) in [6.07, 6.45) is 7.25. The lowest BCUT2D eigenvalue weighted by molar-refractivity contribution is -0.136. The molecule has 202 valence electrons. The number of rotatable bonds is 10. The van der Waals surface area contributed by atoms with E-state index in [0.29, 0.717) is 17.7 Å². The summed E-state index contributed by atoms with van der Waals surface area (Å²) in [6, 6.07) is 21.0. The van der Waals surface area contributed by atoms with Crippen molar-refractivity contribution < 1.29 is 19.5 Å². The van der Waals surface area contributed by atoms with E-state index >= 15 is 0 Å². The zero-order chi connectivity index (χ0) is 27.8. The van der Waals surface area contributed by atoms with Gasteiger partial charge in [0.15, 0.2) is 0 Å². The van der Waals surface area contributed by atoms with Crippen LogP contribution >= 0.6 is 31.9 Å². The Hall–Kier alpha value is -3.23. The van der Waals surface area contributed by atoms with Crippen LogP contribution in [0.4, 0.5) is 5.69 Å². The predicted octanol–water partition coefficient (Wildman–Crippen LogP) is 7.34. The van der Waals surface area contributed by atoms with Crippen LogP contribution in [0.15, 0.2) is 81.8 Å². The molecule has 0 bridgehead atoms. The second kappa shape index (κ2) is 13.7. The molecule has 0 aliphatic heterocycles. The average Bonchev–Trinajstić information content (AvgIpc) is 2.92. The molecule has 3 aromatic rings. The summed E-state index contributed by atoms with van der Waals surface area (Å²) in [7, 11) is 0. The normalized spacial score (nSPS) is 13.7. The Balaban J connectivity index is 1.54. The third-order valence-corrected chi connectivity index (χ3v) is 7.62. The van der Waals surface area contributed by atoms with Crippen molar-refractivity contribution in [2.45, 2.75) is 44.4 Å². The number of anilines is 1. The van der Waals surface area contributed by atoms with Gasteiger partial charge in [0.1, 0.15) is 0 Å². The summed E-state index contributed by atoms with van der Waals surface area (Å²) in [5.74, 6) is -1.87. The largest absolute Gasteiger partial charge is 0.481 e. The van der Waals surface area contributed by atoms with Gasteiger partial charge in [-0.25, -0.2) is 0 Å². The van der Waals surface area contributed by atoms with Crippen LogP contribution < -0.4 is 10.6 Å². The summed E-state index contributed by atoms with van der Waals surface area (Å²) in [6.45, 7) is 0.0662. The molecule has 3 aromatic carbocycles. The third-order valence-electron chi connectivity index (χ3n) is 6.70. The molecule has 0 aromatic heterocycles. The van der Waals surface area contributed by atoms with E-state index in [1.54, 1.807) is 12.1 Å². The molecule has 1 aliphatic carbocycles. The molecule has 1 unspecified atom stereocenters. The monoisotopic (exact) mass is 652 g/mol. The molecule has 8 heteroatoms. The van der Waals surface area contributed by atoms with Crippen LogP contribution in [0.25, 0.3) is 5.57 Å². The van der Waals surface area contributed by atoms with Gasteiger partial charge in [0.05, 0.1) is 12.3 Å². The Morgan fingerprint density at radius 3 is 2.21 bits per heavy atom. The summed E-state index contributed by atoms with van der Waals surface area (Å²) in [4.78, 5) is 36.6. The molecule has 39 heavy (non-hydrogen) atoms. The summed E-state index contributed by atoms with van der Waals surface area (Å²) in [5, 5.41) is 14.4. The van der Waals surface area contributed by atoms with Gasteiger partial charge in [0, 0.05) is 26.7 Å². The van der Waals surface area contributed by atoms with Crippen molar-refractivity contribution in [1.29, 1.82) is 0 Å². The highest BCUT2D eigenvalue weighted by molar-refractivity contribution is 9.11. The van der Waals surface area contributed by atoms with E-state index in [1.807, 2.05) is 42.5 Å². The molecule has 1 aliphatic rings. The maximum atomic E-state index is 13.6. The molecular weight excluding hydrogens is 624 g/mol. The summed E-state index contributed by atoms with van der Waals surface area (Å²) >= 11 is 6.95. The van der Waals surface area contributed by atoms with Crippen molar-refractivity contribution >= 4 is 60.9 Å². The van der Waals surface area contributed by atoms with E-state index in [-0.39, 0.29) is 24.8 Å². The molecule has 0 saturated carbocycles. The zero-order valence-electron chi connectivity index (χ0n) is 21.4. The minimum absolute atomic E-state index is 0.0662. The Bertz CT molecular complexity index is 1350. The first kappa shape index (κ1) is 28.8. The Kier molecular flexibility index (Phi) is 10.1. The van der Waals surface area contributed by atoms with Crippen molar-refractivity contribution in [2.75, 3.05) is 11.9 Å². The zero-order valence-corrected chi connectivity index (χ0v) is 24.6. The van der Waals surface area contributed by atoms with E-state index in [4.69, 9.17) is 5.11 Å². The number of aliphatic carboxylic acids is 1. The fraction of sp³-hybridized carbons (Fsp3) is 0.258. The number of nitrogens with one attached hydrogen (secondary N) is 2. The van der Waals surface area contributed by atoms with Gasteiger partial charge >= 0.3 is 5.97 Å². The number of halogens is 2. The number of hydrogen-bond donors (Lipinski definition) is 3. The topological polar surface area (TPSA) is 95.5 Å². The number of carboxylic acids is 1. The lowest BCUT2D eigenvalue weighted by atomic mass is 9.88. The molecular formula is C31H30Br2N2O4. The molecule has 2 amide bonds. The van der Waals surface area contributed by atoms with Crippen molar-refractivity contribution in [2.24, 2.45) is 0 Å². The van der Waals surface area contributed by atoms with Crippen LogP contribution in [0.3, 0.4) is 0 Å². The SMILES string of the molecule is O=C(O)CCNC(=O)c1ccc(CC(C(=O)Nc2cc(Br)cc(Br)c2)c2ccc(C3=CCCCC3)cc2)cc1. The second-order valence-corrected chi connectivity index (χ2v) is 11.4. The van der Waals surface area contributed by atoms with Gasteiger partial charge in [-0.05, 0) is 84.7 Å².